The zero-order valence-electron chi connectivity index (χ0n) is 7.92. The van der Waals surface area contributed by atoms with E-state index in [9.17, 15) is 9.18 Å². The summed E-state index contributed by atoms with van der Waals surface area (Å²) >= 11 is 5.54. The minimum absolute atomic E-state index is 0.00870. The van der Waals surface area contributed by atoms with E-state index in [-0.39, 0.29) is 16.5 Å². The van der Waals surface area contributed by atoms with E-state index in [0.29, 0.717) is 0 Å². The van der Waals surface area contributed by atoms with E-state index in [0.717, 1.165) is 6.07 Å². The van der Waals surface area contributed by atoms with E-state index in [2.05, 4.69) is 10.3 Å². The van der Waals surface area contributed by atoms with Crippen LogP contribution in [-0.2, 0) is 0 Å². The van der Waals surface area contributed by atoms with Crippen LogP contribution in [-0.4, -0.2) is 11.9 Å². The molecule has 1 aromatic carbocycles. The Morgan fingerprint density at radius 1 is 1.60 bits per heavy atom. The molecule has 0 aliphatic carbocycles. The SMILES string of the molecule is C/C(N)=N/C(=O)Nc1ccc(Cl)cc1F. The van der Waals surface area contributed by atoms with Crippen molar-refractivity contribution < 1.29 is 9.18 Å². The predicted molar refractivity (Wildman–Crippen MR) is 57.7 cm³/mol. The zero-order valence-corrected chi connectivity index (χ0v) is 8.68. The van der Waals surface area contributed by atoms with Crippen molar-refractivity contribution in [2.24, 2.45) is 10.7 Å². The fourth-order valence-corrected chi connectivity index (χ4v) is 1.05. The van der Waals surface area contributed by atoms with Crippen molar-refractivity contribution in [1.82, 2.24) is 0 Å². The third-order valence-corrected chi connectivity index (χ3v) is 1.69. The van der Waals surface area contributed by atoms with Crippen LogP contribution in [0.15, 0.2) is 23.2 Å². The van der Waals surface area contributed by atoms with Gasteiger partial charge in [0.2, 0.25) is 0 Å². The molecule has 0 fully saturated rings. The second-order valence-electron chi connectivity index (χ2n) is 2.81. The van der Waals surface area contributed by atoms with Crippen LogP contribution < -0.4 is 11.1 Å². The number of hydrogen-bond donors (Lipinski definition) is 2. The van der Waals surface area contributed by atoms with Crippen LogP contribution in [0.25, 0.3) is 0 Å². The van der Waals surface area contributed by atoms with Gasteiger partial charge in [-0.05, 0) is 25.1 Å². The summed E-state index contributed by atoms with van der Waals surface area (Å²) in [6.07, 6.45) is 0. The third kappa shape index (κ3) is 3.55. The number of benzene rings is 1. The summed E-state index contributed by atoms with van der Waals surface area (Å²) in [7, 11) is 0. The van der Waals surface area contributed by atoms with Crippen LogP contribution in [0.4, 0.5) is 14.9 Å². The maximum absolute atomic E-state index is 13.2. The highest BCUT2D eigenvalue weighted by Crippen LogP contribution is 2.18. The van der Waals surface area contributed by atoms with Gasteiger partial charge >= 0.3 is 6.03 Å². The number of nitrogens with zero attached hydrogens (tertiary/aromatic N) is 1. The van der Waals surface area contributed by atoms with Crippen molar-refractivity contribution in [2.75, 3.05) is 5.32 Å². The van der Waals surface area contributed by atoms with Gasteiger partial charge in [-0.1, -0.05) is 11.6 Å². The van der Waals surface area contributed by atoms with Gasteiger partial charge in [0.1, 0.15) is 11.7 Å². The van der Waals surface area contributed by atoms with Crippen molar-refractivity contribution in [3.8, 4) is 0 Å². The molecule has 4 nitrogen and oxygen atoms in total. The van der Waals surface area contributed by atoms with Gasteiger partial charge in [-0.2, -0.15) is 4.99 Å². The molecule has 0 radical (unpaired) electrons. The summed E-state index contributed by atoms with van der Waals surface area (Å²) in [5, 5.41) is 2.48. The minimum Gasteiger partial charge on any atom is -0.387 e. The van der Waals surface area contributed by atoms with Crippen molar-refractivity contribution >= 4 is 29.2 Å². The average Bonchev–Trinajstić information content (AvgIpc) is 2.08. The highest BCUT2D eigenvalue weighted by Gasteiger charge is 2.05. The van der Waals surface area contributed by atoms with Crippen LogP contribution in [0.3, 0.4) is 0 Å². The molecule has 0 aliphatic rings. The standard InChI is InChI=1S/C9H9ClFN3O/c1-5(12)13-9(15)14-8-3-2-6(10)4-7(8)11/h2-4H,1H3,(H3,12,13,14,15). The molecule has 6 heteroatoms. The Kier molecular flexibility index (Phi) is 3.62. The van der Waals surface area contributed by atoms with Crippen molar-refractivity contribution in [1.29, 1.82) is 0 Å². The number of aliphatic imine (C=N–C) groups is 1. The first kappa shape index (κ1) is 11.5. The summed E-state index contributed by atoms with van der Waals surface area (Å²) in [4.78, 5) is 14.5. The first-order valence-corrected chi connectivity index (χ1v) is 4.43. The van der Waals surface area contributed by atoms with Crippen LogP contribution in [0, 0.1) is 5.82 Å². The van der Waals surface area contributed by atoms with E-state index >= 15 is 0 Å². The zero-order chi connectivity index (χ0) is 11.4. The van der Waals surface area contributed by atoms with Crippen LogP contribution in [0.2, 0.25) is 5.02 Å². The fourth-order valence-electron chi connectivity index (χ4n) is 0.894. The number of carbonyl (C=O) groups excluding carboxylic acids is 1. The lowest BCUT2D eigenvalue weighted by Crippen LogP contribution is -2.14. The number of nitrogens with two attached hydrogens (primary N) is 1. The topological polar surface area (TPSA) is 67.5 Å². The van der Waals surface area contributed by atoms with Crippen molar-refractivity contribution in [3.63, 3.8) is 0 Å². The van der Waals surface area contributed by atoms with Crippen molar-refractivity contribution in [2.45, 2.75) is 6.92 Å². The molecule has 1 aromatic rings. The van der Waals surface area contributed by atoms with Gasteiger partial charge in [0.15, 0.2) is 0 Å². The van der Waals surface area contributed by atoms with Gasteiger partial charge in [0, 0.05) is 5.02 Å². The molecule has 3 N–H and O–H groups in total. The number of amides is 2. The number of urea groups is 1. The first-order chi connectivity index (χ1) is 6.99. The Bertz CT molecular complexity index is 416. The monoisotopic (exact) mass is 229 g/mol. The molecule has 0 atom stereocenters. The number of rotatable bonds is 1. The Labute approximate surface area is 90.9 Å². The van der Waals surface area contributed by atoms with Crippen molar-refractivity contribution in [3.05, 3.63) is 29.0 Å². The van der Waals surface area contributed by atoms with Crippen LogP contribution >= 0.6 is 11.6 Å². The summed E-state index contributed by atoms with van der Waals surface area (Å²) in [6, 6.07) is 3.17. The normalized spacial score (nSPS) is 11.3. The highest BCUT2D eigenvalue weighted by molar-refractivity contribution is 6.30. The van der Waals surface area contributed by atoms with Gasteiger partial charge in [-0.3, -0.25) is 0 Å². The number of hydrogen-bond acceptors (Lipinski definition) is 1. The third-order valence-electron chi connectivity index (χ3n) is 1.45. The largest absolute Gasteiger partial charge is 0.387 e. The quantitative estimate of drug-likeness (QED) is 0.574. The van der Waals surface area contributed by atoms with Gasteiger partial charge in [-0.15, -0.1) is 0 Å². The molecular formula is C9H9ClFN3O. The van der Waals surface area contributed by atoms with E-state index < -0.39 is 11.8 Å². The molecule has 0 bridgehead atoms. The highest BCUT2D eigenvalue weighted by atomic mass is 35.5. The molecular weight excluding hydrogens is 221 g/mol. The molecule has 80 valence electrons. The maximum atomic E-state index is 13.2. The maximum Gasteiger partial charge on any atom is 0.347 e. The lowest BCUT2D eigenvalue weighted by molar-refractivity contribution is 0.259. The Hall–Kier alpha value is -1.62. The molecule has 2 amide bonds. The molecule has 0 heterocycles. The van der Waals surface area contributed by atoms with E-state index in [1.54, 1.807) is 0 Å². The lowest BCUT2D eigenvalue weighted by Gasteiger charge is -2.03. The van der Waals surface area contributed by atoms with Gasteiger partial charge in [0.05, 0.1) is 5.69 Å². The summed E-state index contributed by atoms with van der Waals surface area (Å²) in [5.74, 6) is -0.525. The Morgan fingerprint density at radius 2 is 2.27 bits per heavy atom. The van der Waals surface area contributed by atoms with E-state index in [4.69, 9.17) is 17.3 Å². The second kappa shape index (κ2) is 4.75. The Balaban J connectivity index is 2.82. The van der Waals surface area contributed by atoms with Gasteiger partial charge in [0.25, 0.3) is 0 Å². The number of carbonyl (C=O) groups is 1. The molecule has 0 unspecified atom stereocenters. The molecule has 0 spiro atoms. The summed E-state index contributed by atoms with van der Waals surface area (Å²) in [6.45, 7) is 1.46. The Morgan fingerprint density at radius 3 is 2.80 bits per heavy atom. The van der Waals surface area contributed by atoms with E-state index in [1.807, 2.05) is 0 Å². The molecule has 0 aromatic heterocycles. The van der Waals surface area contributed by atoms with Gasteiger partial charge < -0.3 is 11.1 Å². The summed E-state index contributed by atoms with van der Waals surface area (Å²) < 4.78 is 13.2. The first-order valence-electron chi connectivity index (χ1n) is 4.06. The van der Waals surface area contributed by atoms with Gasteiger partial charge in [-0.25, -0.2) is 9.18 Å². The lowest BCUT2D eigenvalue weighted by atomic mass is 10.3. The smallest absolute Gasteiger partial charge is 0.347 e. The predicted octanol–water partition coefficient (Wildman–Crippen LogP) is 2.39. The van der Waals surface area contributed by atoms with Crippen LogP contribution in [0.1, 0.15) is 6.92 Å². The molecule has 0 saturated carbocycles. The number of nitrogens with one attached hydrogen (secondary N) is 1. The number of halogens is 2. The summed E-state index contributed by atoms with van der Waals surface area (Å²) in [5.41, 5.74) is 5.19. The average molecular weight is 230 g/mol. The molecule has 15 heavy (non-hydrogen) atoms. The molecule has 0 saturated heterocycles. The number of anilines is 1. The molecule has 0 aliphatic heterocycles. The minimum atomic E-state index is -0.726. The number of amidine groups is 1. The van der Waals surface area contributed by atoms with E-state index in [1.165, 1.54) is 19.1 Å². The van der Waals surface area contributed by atoms with Crippen LogP contribution in [0.5, 0.6) is 0 Å². The fraction of sp³-hybridized carbons (Fsp3) is 0.111. The molecule has 1 rings (SSSR count). The second-order valence-corrected chi connectivity index (χ2v) is 3.24.